The fraction of sp³-hybridized carbons (Fsp3) is 0.200. The molecule has 0 spiro atoms. The number of aliphatic hydroxyl groups excluding tert-OH is 1. The van der Waals surface area contributed by atoms with Gasteiger partial charge in [0.15, 0.2) is 5.76 Å². The Hall–Kier alpha value is -3.98. The Morgan fingerprint density at radius 2 is 1.70 bits per heavy atom. The SMILES string of the molecule is C[C@H](O)C(=O)Nc1c(C(=O)C(C)(C)C)oc2nc(-c3ccc(-c4cn[nH]c4)cc3Cl)c(-c3ccc(Cl)cc3)cc12. The average Bonchev–Trinajstić information content (AvgIpc) is 3.56. The number of anilines is 1. The van der Waals surface area contributed by atoms with Crippen molar-refractivity contribution in [2.45, 2.75) is 33.8 Å². The quantitative estimate of drug-likeness (QED) is 0.181. The highest BCUT2D eigenvalue weighted by atomic mass is 35.5. The number of Topliss-reactive ketones (excluding diaryl/α,β-unsaturated/α-hetero) is 1. The number of halogens is 2. The molecule has 0 saturated carbocycles. The number of pyridine rings is 1. The lowest BCUT2D eigenvalue weighted by Gasteiger charge is -2.16. The second-order valence-electron chi connectivity index (χ2n) is 10.5. The van der Waals surface area contributed by atoms with Gasteiger partial charge in [-0.15, -0.1) is 0 Å². The van der Waals surface area contributed by atoms with Crippen LogP contribution >= 0.6 is 23.2 Å². The summed E-state index contributed by atoms with van der Waals surface area (Å²) in [4.78, 5) is 30.8. The van der Waals surface area contributed by atoms with Crippen LogP contribution in [0.3, 0.4) is 0 Å². The summed E-state index contributed by atoms with van der Waals surface area (Å²) in [5.41, 5.74) is 3.82. The van der Waals surface area contributed by atoms with Crippen molar-refractivity contribution in [3.63, 3.8) is 0 Å². The lowest BCUT2D eigenvalue weighted by Crippen LogP contribution is -2.26. The highest BCUT2D eigenvalue weighted by Gasteiger charge is 2.32. The van der Waals surface area contributed by atoms with Crippen LogP contribution in [0.4, 0.5) is 5.69 Å². The highest BCUT2D eigenvalue weighted by Crippen LogP contribution is 2.42. The van der Waals surface area contributed by atoms with Crippen molar-refractivity contribution < 1.29 is 19.1 Å². The zero-order chi connectivity index (χ0) is 28.8. The van der Waals surface area contributed by atoms with Crippen molar-refractivity contribution in [3.8, 4) is 33.5 Å². The molecule has 3 N–H and O–H groups in total. The van der Waals surface area contributed by atoms with E-state index in [0.717, 1.165) is 16.7 Å². The minimum atomic E-state index is -1.31. The fourth-order valence-electron chi connectivity index (χ4n) is 4.23. The molecule has 2 aromatic carbocycles. The van der Waals surface area contributed by atoms with Crippen molar-refractivity contribution in [1.29, 1.82) is 0 Å². The van der Waals surface area contributed by atoms with Gasteiger partial charge in [-0.25, -0.2) is 4.98 Å². The van der Waals surface area contributed by atoms with E-state index in [0.29, 0.717) is 32.3 Å². The summed E-state index contributed by atoms with van der Waals surface area (Å²) < 4.78 is 6.03. The maximum atomic E-state index is 13.4. The number of benzene rings is 2. The first kappa shape index (κ1) is 27.6. The molecule has 3 heterocycles. The highest BCUT2D eigenvalue weighted by molar-refractivity contribution is 6.34. The molecular formula is C30H26Cl2N4O4. The number of aromatic amines is 1. The van der Waals surface area contributed by atoms with Crippen molar-refractivity contribution >= 4 is 51.7 Å². The van der Waals surface area contributed by atoms with E-state index < -0.39 is 17.4 Å². The Kier molecular flexibility index (Phi) is 7.27. The number of carbonyl (C=O) groups excluding carboxylic acids is 2. The van der Waals surface area contributed by atoms with Crippen molar-refractivity contribution in [2.75, 3.05) is 5.32 Å². The van der Waals surface area contributed by atoms with Gasteiger partial charge in [-0.1, -0.05) is 68.2 Å². The number of rotatable bonds is 6. The number of furan rings is 1. The topological polar surface area (TPSA) is 121 Å². The van der Waals surface area contributed by atoms with E-state index in [1.54, 1.807) is 51.4 Å². The molecule has 10 heteroatoms. The lowest BCUT2D eigenvalue weighted by atomic mass is 9.88. The van der Waals surface area contributed by atoms with E-state index in [1.807, 2.05) is 30.3 Å². The fourth-order valence-corrected chi connectivity index (χ4v) is 4.62. The maximum Gasteiger partial charge on any atom is 0.253 e. The second-order valence-corrected chi connectivity index (χ2v) is 11.3. The van der Waals surface area contributed by atoms with E-state index in [4.69, 9.17) is 32.6 Å². The first-order valence-electron chi connectivity index (χ1n) is 12.5. The van der Waals surface area contributed by atoms with Crippen molar-refractivity contribution in [1.82, 2.24) is 15.2 Å². The predicted octanol–water partition coefficient (Wildman–Crippen LogP) is 7.41. The summed E-state index contributed by atoms with van der Waals surface area (Å²) >= 11 is 13.0. The normalized spacial score (nSPS) is 12.5. The Morgan fingerprint density at radius 3 is 2.30 bits per heavy atom. The van der Waals surface area contributed by atoms with Gasteiger partial charge in [-0.3, -0.25) is 14.7 Å². The summed E-state index contributed by atoms with van der Waals surface area (Å²) in [6.07, 6.45) is 2.17. The number of hydrogen-bond donors (Lipinski definition) is 3. The largest absolute Gasteiger partial charge is 0.432 e. The number of carbonyl (C=O) groups is 2. The summed E-state index contributed by atoms with van der Waals surface area (Å²) in [5.74, 6) is -1.06. The van der Waals surface area contributed by atoms with Gasteiger partial charge in [0.2, 0.25) is 11.5 Å². The molecule has 1 atom stereocenters. The average molecular weight is 577 g/mol. The molecule has 3 aromatic heterocycles. The lowest BCUT2D eigenvalue weighted by molar-refractivity contribution is -0.123. The van der Waals surface area contributed by atoms with Gasteiger partial charge in [0.1, 0.15) is 11.8 Å². The molecule has 0 fully saturated rings. The molecule has 0 aliphatic rings. The van der Waals surface area contributed by atoms with Gasteiger partial charge < -0.3 is 14.8 Å². The zero-order valence-corrected chi connectivity index (χ0v) is 23.7. The monoisotopic (exact) mass is 576 g/mol. The van der Waals surface area contributed by atoms with Gasteiger partial charge in [0.05, 0.1) is 22.3 Å². The predicted molar refractivity (Wildman–Crippen MR) is 157 cm³/mol. The van der Waals surface area contributed by atoms with Crippen LogP contribution in [0, 0.1) is 5.41 Å². The van der Waals surface area contributed by atoms with Crippen LogP contribution < -0.4 is 5.32 Å². The van der Waals surface area contributed by atoms with E-state index in [-0.39, 0.29) is 22.9 Å². The van der Waals surface area contributed by atoms with E-state index in [9.17, 15) is 14.7 Å². The summed E-state index contributed by atoms with van der Waals surface area (Å²) in [5, 5.41) is 20.8. The number of ketones is 1. The number of nitrogens with one attached hydrogen (secondary N) is 2. The van der Waals surface area contributed by atoms with E-state index >= 15 is 0 Å². The summed E-state index contributed by atoms with van der Waals surface area (Å²) in [6.45, 7) is 6.60. The first-order valence-corrected chi connectivity index (χ1v) is 13.3. The Balaban J connectivity index is 1.78. The number of nitrogens with zero attached hydrogens (tertiary/aromatic N) is 2. The Morgan fingerprint density at radius 1 is 1.00 bits per heavy atom. The molecule has 204 valence electrons. The summed E-state index contributed by atoms with van der Waals surface area (Å²) in [7, 11) is 0. The zero-order valence-electron chi connectivity index (χ0n) is 22.2. The van der Waals surface area contributed by atoms with E-state index in [2.05, 4.69) is 15.5 Å². The number of aliphatic hydroxyl groups is 1. The molecule has 5 rings (SSSR count). The molecule has 0 aliphatic heterocycles. The van der Waals surface area contributed by atoms with Crippen LogP contribution in [0.2, 0.25) is 10.0 Å². The van der Waals surface area contributed by atoms with Crippen LogP contribution in [0.5, 0.6) is 0 Å². The number of fused-ring (bicyclic) bond motifs is 1. The van der Waals surface area contributed by atoms with Crippen LogP contribution in [-0.2, 0) is 4.79 Å². The van der Waals surface area contributed by atoms with Crippen LogP contribution in [0.15, 0.2) is 65.3 Å². The Labute approximate surface area is 240 Å². The van der Waals surface area contributed by atoms with Gasteiger partial charge >= 0.3 is 0 Å². The molecule has 0 radical (unpaired) electrons. The number of hydrogen-bond acceptors (Lipinski definition) is 6. The third-order valence-electron chi connectivity index (χ3n) is 6.41. The smallest absolute Gasteiger partial charge is 0.253 e. The van der Waals surface area contributed by atoms with Crippen molar-refractivity contribution in [3.05, 3.63) is 76.7 Å². The molecule has 0 aliphatic carbocycles. The third-order valence-corrected chi connectivity index (χ3v) is 6.97. The van der Waals surface area contributed by atoms with Crippen molar-refractivity contribution in [2.24, 2.45) is 5.41 Å². The van der Waals surface area contributed by atoms with Gasteiger partial charge in [0.25, 0.3) is 5.91 Å². The van der Waals surface area contributed by atoms with Crippen LogP contribution in [0.1, 0.15) is 38.2 Å². The molecule has 8 nitrogen and oxygen atoms in total. The van der Waals surface area contributed by atoms with Gasteiger partial charge in [-0.2, -0.15) is 5.10 Å². The van der Waals surface area contributed by atoms with E-state index in [1.165, 1.54) is 6.92 Å². The number of amides is 1. The number of H-pyrrole nitrogens is 1. The standard InChI is InChI=1S/C30H26Cl2N4O4/c1-15(37)28(39)35-25-22-12-21(16-5-8-19(31)9-6-16)24(36-29(22)40-26(25)27(38)30(2,3)4)20-10-7-17(11-23(20)32)18-13-33-34-14-18/h5-15,37H,1-4H3,(H,33,34)(H,35,39)/t15-/m0/s1. The first-order chi connectivity index (χ1) is 18.9. The van der Waals surface area contributed by atoms with Gasteiger partial charge in [0, 0.05) is 33.3 Å². The van der Waals surface area contributed by atoms with Gasteiger partial charge in [-0.05, 0) is 42.3 Å². The van der Waals surface area contributed by atoms with Crippen LogP contribution in [0.25, 0.3) is 44.6 Å². The third kappa shape index (κ3) is 5.25. The molecule has 40 heavy (non-hydrogen) atoms. The molecular weight excluding hydrogens is 551 g/mol. The second kappa shape index (κ2) is 10.5. The molecule has 0 bridgehead atoms. The molecule has 1 amide bonds. The minimum Gasteiger partial charge on any atom is -0.432 e. The molecule has 0 unspecified atom stereocenters. The Bertz CT molecular complexity index is 1730. The molecule has 0 saturated heterocycles. The molecule has 5 aromatic rings. The maximum absolute atomic E-state index is 13.4. The van der Waals surface area contributed by atoms with Crippen LogP contribution in [-0.4, -0.2) is 38.1 Å². The minimum absolute atomic E-state index is 0.0513. The number of aromatic nitrogens is 3. The summed E-state index contributed by atoms with van der Waals surface area (Å²) in [6, 6.07) is 14.6.